The minimum atomic E-state index is -0.0858. The average Bonchev–Trinajstić information content (AvgIpc) is 2.44. The molecular formula is C19H31NO. The Hall–Kier alpha value is -0.860. The monoisotopic (exact) mass is 289 g/mol. The van der Waals surface area contributed by atoms with Crippen LogP contribution in [0.15, 0.2) is 24.3 Å². The van der Waals surface area contributed by atoms with Gasteiger partial charge in [-0.15, -0.1) is 0 Å². The summed E-state index contributed by atoms with van der Waals surface area (Å²) >= 11 is 0. The van der Waals surface area contributed by atoms with Gasteiger partial charge < -0.3 is 10.1 Å². The fourth-order valence-electron chi connectivity index (χ4n) is 3.25. The molecule has 1 N–H and O–H groups in total. The van der Waals surface area contributed by atoms with Crippen molar-refractivity contribution in [1.29, 1.82) is 0 Å². The second-order valence-electron chi connectivity index (χ2n) is 7.48. The molecule has 1 aliphatic rings. The van der Waals surface area contributed by atoms with Crippen LogP contribution < -0.4 is 5.32 Å². The molecule has 118 valence electrons. The normalized spacial score (nSPS) is 24.8. The maximum absolute atomic E-state index is 6.17. The minimum Gasteiger partial charge on any atom is -0.373 e. The lowest BCUT2D eigenvalue weighted by molar-refractivity contribution is -0.0895. The van der Waals surface area contributed by atoms with Gasteiger partial charge in [-0.3, -0.25) is 0 Å². The van der Waals surface area contributed by atoms with Crippen molar-refractivity contribution in [3.05, 3.63) is 35.4 Å². The predicted molar refractivity (Wildman–Crippen MR) is 89.8 cm³/mol. The van der Waals surface area contributed by atoms with Gasteiger partial charge in [0.2, 0.25) is 0 Å². The van der Waals surface area contributed by atoms with Crippen LogP contribution in [0.1, 0.15) is 71.0 Å². The second-order valence-corrected chi connectivity index (χ2v) is 7.48. The van der Waals surface area contributed by atoms with Crippen LogP contribution in [-0.4, -0.2) is 18.8 Å². The van der Waals surface area contributed by atoms with Crippen molar-refractivity contribution in [3.63, 3.8) is 0 Å². The minimum absolute atomic E-state index is 0.0858. The Morgan fingerprint density at radius 1 is 1.19 bits per heavy atom. The summed E-state index contributed by atoms with van der Waals surface area (Å²) in [6.45, 7) is 13.1. The van der Waals surface area contributed by atoms with Crippen molar-refractivity contribution in [1.82, 2.24) is 5.32 Å². The van der Waals surface area contributed by atoms with E-state index in [1.54, 1.807) is 0 Å². The quantitative estimate of drug-likeness (QED) is 0.875. The summed E-state index contributed by atoms with van der Waals surface area (Å²) in [6, 6.07) is 9.36. The maximum atomic E-state index is 6.17. The van der Waals surface area contributed by atoms with Crippen molar-refractivity contribution in [2.75, 3.05) is 13.2 Å². The molecule has 2 heteroatoms. The molecule has 21 heavy (non-hydrogen) atoms. The lowest BCUT2D eigenvalue weighted by atomic mass is 9.82. The van der Waals surface area contributed by atoms with Crippen molar-refractivity contribution in [3.8, 4) is 0 Å². The zero-order valence-electron chi connectivity index (χ0n) is 14.3. The van der Waals surface area contributed by atoms with E-state index in [0.717, 1.165) is 19.6 Å². The largest absolute Gasteiger partial charge is 0.373 e. The smallest absolute Gasteiger partial charge is 0.0848 e. The topological polar surface area (TPSA) is 21.3 Å². The molecule has 0 bridgehead atoms. The zero-order valence-corrected chi connectivity index (χ0v) is 14.3. The third-order valence-corrected chi connectivity index (χ3v) is 4.63. The Bertz CT molecular complexity index is 438. The summed E-state index contributed by atoms with van der Waals surface area (Å²) in [6.07, 6.45) is 3.58. The van der Waals surface area contributed by atoms with E-state index in [2.05, 4.69) is 64.2 Å². The van der Waals surface area contributed by atoms with Crippen molar-refractivity contribution < 1.29 is 4.74 Å². The molecule has 1 heterocycles. The molecule has 0 spiro atoms. The van der Waals surface area contributed by atoms with E-state index in [1.807, 2.05) is 0 Å². The first-order valence-corrected chi connectivity index (χ1v) is 8.34. The Labute approximate surface area is 130 Å². The van der Waals surface area contributed by atoms with Gasteiger partial charge in [0.05, 0.1) is 11.6 Å². The maximum Gasteiger partial charge on any atom is 0.0848 e. The van der Waals surface area contributed by atoms with E-state index in [4.69, 9.17) is 4.74 Å². The average molecular weight is 289 g/mol. The fourth-order valence-corrected chi connectivity index (χ4v) is 3.25. The molecule has 0 saturated carbocycles. The van der Waals surface area contributed by atoms with Crippen LogP contribution in [-0.2, 0) is 10.2 Å². The Morgan fingerprint density at radius 2 is 1.86 bits per heavy atom. The molecule has 0 aromatic heterocycles. The Balaban J connectivity index is 2.25. The first-order chi connectivity index (χ1) is 9.87. The van der Waals surface area contributed by atoms with Gasteiger partial charge in [0, 0.05) is 6.61 Å². The molecule has 2 nitrogen and oxygen atoms in total. The van der Waals surface area contributed by atoms with Crippen LogP contribution in [0.25, 0.3) is 0 Å². The van der Waals surface area contributed by atoms with Crippen LogP contribution in [0, 0.1) is 0 Å². The first kappa shape index (κ1) is 16.5. The second kappa shape index (κ2) is 6.50. The third kappa shape index (κ3) is 3.87. The van der Waals surface area contributed by atoms with E-state index in [1.165, 1.54) is 24.0 Å². The Morgan fingerprint density at radius 3 is 2.33 bits per heavy atom. The van der Waals surface area contributed by atoms with Gasteiger partial charge in [0.25, 0.3) is 0 Å². The highest BCUT2D eigenvalue weighted by Crippen LogP contribution is 2.37. The summed E-state index contributed by atoms with van der Waals surface area (Å²) in [5.74, 6) is 0. The number of likely N-dealkylation sites (N-methyl/N-ethyl adjacent to an activating group) is 1. The van der Waals surface area contributed by atoms with Gasteiger partial charge in [0.15, 0.2) is 0 Å². The number of hydrogen-bond acceptors (Lipinski definition) is 2. The number of ether oxygens (including phenoxy) is 1. The van der Waals surface area contributed by atoms with Crippen LogP contribution in [0.3, 0.4) is 0 Å². The van der Waals surface area contributed by atoms with Gasteiger partial charge in [-0.2, -0.15) is 0 Å². The van der Waals surface area contributed by atoms with Gasteiger partial charge in [-0.25, -0.2) is 0 Å². The first-order valence-electron chi connectivity index (χ1n) is 8.34. The third-order valence-electron chi connectivity index (χ3n) is 4.63. The summed E-state index contributed by atoms with van der Waals surface area (Å²) in [4.78, 5) is 0. The van der Waals surface area contributed by atoms with Crippen LogP contribution in [0.4, 0.5) is 0 Å². The van der Waals surface area contributed by atoms with Gasteiger partial charge in [0.1, 0.15) is 0 Å². The van der Waals surface area contributed by atoms with Gasteiger partial charge in [-0.1, -0.05) is 52.0 Å². The summed E-state index contributed by atoms with van der Waals surface area (Å²) in [5, 5.41) is 3.64. The van der Waals surface area contributed by atoms with Crippen LogP contribution in [0.5, 0.6) is 0 Å². The van der Waals surface area contributed by atoms with E-state index in [-0.39, 0.29) is 17.1 Å². The van der Waals surface area contributed by atoms with Crippen molar-refractivity contribution in [2.45, 2.75) is 70.9 Å². The van der Waals surface area contributed by atoms with Gasteiger partial charge in [-0.05, 0) is 49.3 Å². The van der Waals surface area contributed by atoms with Gasteiger partial charge >= 0.3 is 0 Å². The van der Waals surface area contributed by atoms with E-state index in [0.29, 0.717) is 0 Å². The SMILES string of the molecule is CCNC(c1ccc(C(C)(C)C)cc1)C1(C)CCCCO1. The molecule has 0 aliphatic carbocycles. The molecule has 2 rings (SSSR count). The van der Waals surface area contributed by atoms with Crippen LogP contribution in [0.2, 0.25) is 0 Å². The number of benzene rings is 1. The highest BCUT2D eigenvalue weighted by molar-refractivity contribution is 5.30. The van der Waals surface area contributed by atoms with Crippen molar-refractivity contribution in [2.24, 2.45) is 0 Å². The lowest BCUT2D eigenvalue weighted by Crippen LogP contribution is -2.45. The molecule has 2 unspecified atom stereocenters. The standard InChI is InChI=1S/C19H31NO/c1-6-20-17(19(5)13-7-8-14-21-19)15-9-11-16(12-10-15)18(2,3)4/h9-12,17,20H,6-8,13-14H2,1-5H3. The number of rotatable bonds is 4. The van der Waals surface area contributed by atoms with Crippen molar-refractivity contribution >= 4 is 0 Å². The molecule has 1 aliphatic heterocycles. The highest BCUT2D eigenvalue weighted by atomic mass is 16.5. The predicted octanol–water partition coefficient (Wildman–Crippen LogP) is 4.59. The summed E-state index contributed by atoms with van der Waals surface area (Å²) in [5.41, 5.74) is 2.85. The van der Waals surface area contributed by atoms with E-state index in [9.17, 15) is 0 Å². The van der Waals surface area contributed by atoms with Crippen LogP contribution >= 0.6 is 0 Å². The lowest BCUT2D eigenvalue weighted by Gasteiger charge is -2.41. The zero-order chi connectivity index (χ0) is 15.5. The highest BCUT2D eigenvalue weighted by Gasteiger charge is 2.37. The van der Waals surface area contributed by atoms with E-state index >= 15 is 0 Å². The summed E-state index contributed by atoms with van der Waals surface area (Å²) < 4.78 is 6.17. The molecule has 2 atom stereocenters. The molecular weight excluding hydrogens is 258 g/mol. The number of nitrogens with one attached hydrogen (secondary N) is 1. The molecule has 1 fully saturated rings. The molecule has 1 aromatic carbocycles. The van der Waals surface area contributed by atoms with E-state index < -0.39 is 0 Å². The molecule has 0 radical (unpaired) electrons. The molecule has 1 saturated heterocycles. The molecule has 1 aromatic rings. The summed E-state index contributed by atoms with van der Waals surface area (Å²) in [7, 11) is 0. The number of hydrogen-bond donors (Lipinski definition) is 1. The fraction of sp³-hybridized carbons (Fsp3) is 0.684. The Kier molecular flexibility index (Phi) is 5.11. The molecule has 0 amide bonds.